The summed E-state index contributed by atoms with van der Waals surface area (Å²) in [6.07, 6.45) is 2.45. The van der Waals surface area contributed by atoms with Gasteiger partial charge in [0.05, 0.1) is 5.56 Å². The Labute approximate surface area is 149 Å². The first kappa shape index (κ1) is 18.4. The number of halogens is 2. The Morgan fingerprint density at radius 1 is 1.16 bits per heavy atom. The van der Waals surface area contributed by atoms with Crippen LogP contribution < -0.4 is 10.9 Å². The zero-order valence-electron chi connectivity index (χ0n) is 12.6. The van der Waals surface area contributed by atoms with Crippen LogP contribution in [0.5, 0.6) is 0 Å². The zero-order chi connectivity index (χ0) is 18.2. The smallest absolute Gasteiger partial charge is 0.331 e. The second-order valence-electron chi connectivity index (χ2n) is 4.57. The van der Waals surface area contributed by atoms with E-state index < -0.39 is 30.2 Å². The Balaban J connectivity index is 1.73. The quantitative estimate of drug-likeness (QED) is 0.447. The molecular formula is C16H12BrFN2O5. The summed E-state index contributed by atoms with van der Waals surface area (Å²) >= 11 is 3.11. The fraction of sp³-hybridized carbons (Fsp3) is 0.0625. The third-order valence-corrected chi connectivity index (χ3v) is 3.18. The molecule has 0 aliphatic rings. The molecule has 0 unspecified atom stereocenters. The van der Waals surface area contributed by atoms with Gasteiger partial charge in [-0.15, -0.1) is 0 Å². The molecule has 0 saturated heterocycles. The third kappa shape index (κ3) is 5.88. The number of benzene rings is 1. The number of carbonyl (C=O) groups is 3. The fourth-order valence-electron chi connectivity index (χ4n) is 1.63. The van der Waals surface area contributed by atoms with Crippen molar-refractivity contribution in [2.24, 2.45) is 0 Å². The van der Waals surface area contributed by atoms with E-state index in [1.54, 1.807) is 12.1 Å². The zero-order valence-corrected chi connectivity index (χ0v) is 14.2. The highest BCUT2D eigenvalue weighted by Crippen LogP contribution is 2.14. The molecule has 0 bridgehead atoms. The number of hydrazine groups is 1. The second-order valence-corrected chi connectivity index (χ2v) is 5.35. The third-order valence-electron chi connectivity index (χ3n) is 2.76. The Morgan fingerprint density at radius 2 is 1.92 bits per heavy atom. The maximum atomic E-state index is 13.4. The van der Waals surface area contributed by atoms with Crippen molar-refractivity contribution in [3.8, 4) is 0 Å². The first-order valence-electron chi connectivity index (χ1n) is 6.89. The van der Waals surface area contributed by atoms with Crippen molar-refractivity contribution in [3.05, 3.63) is 64.3 Å². The minimum absolute atomic E-state index is 0.229. The topological polar surface area (TPSA) is 97.6 Å². The summed E-state index contributed by atoms with van der Waals surface area (Å²) in [6, 6.07) is 8.55. The van der Waals surface area contributed by atoms with Gasteiger partial charge in [0.1, 0.15) is 11.6 Å². The molecule has 130 valence electrons. The van der Waals surface area contributed by atoms with Gasteiger partial charge in [-0.1, -0.05) is 12.1 Å². The molecule has 2 N–H and O–H groups in total. The Hall–Kier alpha value is -2.94. The van der Waals surface area contributed by atoms with E-state index in [2.05, 4.69) is 20.7 Å². The molecule has 1 aromatic heterocycles. The van der Waals surface area contributed by atoms with Crippen molar-refractivity contribution >= 4 is 39.8 Å². The number of hydrogen-bond acceptors (Lipinski definition) is 5. The van der Waals surface area contributed by atoms with Crippen molar-refractivity contribution in [1.82, 2.24) is 10.9 Å². The summed E-state index contributed by atoms with van der Waals surface area (Å²) < 4.78 is 23.7. The van der Waals surface area contributed by atoms with Gasteiger partial charge in [0.25, 0.3) is 11.8 Å². The van der Waals surface area contributed by atoms with E-state index in [0.717, 1.165) is 12.1 Å². The van der Waals surface area contributed by atoms with Gasteiger partial charge in [0.2, 0.25) is 0 Å². The van der Waals surface area contributed by atoms with Gasteiger partial charge >= 0.3 is 5.97 Å². The van der Waals surface area contributed by atoms with Gasteiger partial charge in [-0.25, -0.2) is 9.18 Å². The van der Waals surface area contributed by atoms with Crippen LogP contribution in [-0.2, 0) is 14.3 Å². The predicted octanol–water partition coefficient (Wildman–Crippen LogP) is 2.20. The number of ether oxygens (including phenoxy) is 1. The van der Waals surface area contributed by atoms with Crippen LogP contribution in [0.4, 0.5) is 4.39 Å². The Morgan fingerprint density at radius 3 is 2.60 bits per heavy atom. The number of hydrogen-bond donors (Lipinski definition) is 2. The molecule has 0 radical (unpaired) electrons. The molecule has 1 heterocycles. The monoisotopic (exact) mass is 410 g/mol. The molecule has 25 heavy (non-hydrogen) atoms. The lowest BCUT2D eigenvalue weighted by Crippen LogP contribution is -2.43. The van der Waals surface area contributed by atoms with Crippen LogP contribution in [0.2, 0.25) is 0 Å². The van der Waals surface area contributed by atoms with Crippen LogP contribution >= 0.6 is 15.9 Å². The molecule has 2 rings (SSSR count). The number of furan rings is 1. The van der Waals surface area contributed by atoms with Crippen LogP contribution in [0.3, 0.4) is 0 Å². The van der Waals surface area contributed by atoms with E-state index >= 15 is 0 Å². The minimum atomic E-state index is -0.832. The lowest BCUT2D eigenvalue weighted by molar-refractivity contribution is -0.144. The SMILES string of the molecule is O=C(COC(=O)/C=C/c1ccc(Br)o1)NNC(=O)c1ccccc1F. The van der Waals surface area contributed by atoms with Gasteiger partial charge in [-0.05, 0) is 46.3 Å². The second kappa shape index (κ2) is 8.78. The summed E-state index contributed by atoms with van der Waals surface area (Å²) in [5.74, 6) is -2.70. The van der Waals surface area contributed by atoms with E-state index in [1.807, 2.05) is 10.9 Å². The number of nitrogens with one attached hydrogen (secondary N) is 2. The number of carbonyl (C=O) groups excluding carboxylic acids is 3. The summed E-state index contributed by atoms with van der Waals surface area (Å²) in [7, 11) is 0. The van der Waals surface area contributed by atoms with E-state index in [0.29, 0.717) is 10.4 Å². The standard InChI is InChI=1S/C16H12BrFN2O5/c17-13-7-5-10(25-13)6-8-15(22)24-9-14(21)19-20-16(23)11-3-1-2-4-12(11)18/h1-8H,9H2,(H,19,21)(H,20,23)/b8-6+. The van der Waals surface area contributed by atoms with Crippen LogP contribution in [0, 0.1) is 5.82 Å². The molecule has 2 amide bonds. The van der Waals surface area contributed by atoms with Crippen molar-refractivity contribution < 1.29 is 27.9 Å². The molecule has 0 atom stereocenters. The Kier molecular flexibility index (Phi) is 6.47. The number of amides is 2. The lowest BCUT2D eigenvalue weighted by Gasteiger charge is -2.07. The maximum Gasteiger partial charge on any atom is 0.331 e. The van der Waals surface area contributed by atoms with Crippen LogP contribution in [0.1, 0.15) is 16.1 Å². The molecule has 9 heteroatoms. The van der Waals surface area contributed by atoms with Gasteiger partial charge in [0.15, 0.2) is 11.3 Å². The van der Waals surface area contributed by atoms with E-state index in [4.69, 9.17) is 4.42 Å². The summed E-state index contributed by atoms with van der Waals surface area (Å²) in [5, 5.41) is 0. The summed E-state index contributed by atoms with van der Waals surface area (Å²) in [5.41, 5.74) is 3.80. The summed E-state index contributed by atoms with van der Waals surface area (Å²) in [6.45, 7) is -0.622. The molecule has 0 aliphatic carbocycles. The largest absolute Gasteiger partial charge is 0.452 e. The minimum Gasteiger partial charge on any atom is -0.452 e. The van der Waals surface area contributed by atoms with E-state index in [9.17, 15) is 18.8 Å². The highest BCUT2D eigenvalue weighted by molar-refractivity contribution is 9.10. The Bertz CT molecular complexity index is 818. The number of rotatable bonds is 5. The van der Waals surface area contributed by atoms with Crippen molar-refractivity contribution in [1.29, 1.82) is 0 Å². The molecule has 0 saturated carbocycles. The molecule has 0 aliphatic heterocycles. The van der Waals surface area contributed by atoms with Gasteiger partial charge in [-0.2, -0.15) is 0 Å². The summed E-state index contributed by atoms with van der Waals surface area (Å²) in [4.78, 5) is 34.6. The van der Waals surface area contributed by atoms with Crippen LogP contribution in [0.15, 0.2) is 51.6 Å². The molecule has 0 spiro atoms. The fourth-order valence-corrected chi connectivity index (χ4v) is 1.95. The van der Waals surface area contributed by atoms with E-state index in [-0.39, 0.29) is 5.56 Å². The van der Waals surface area contributed by atoms with Gasteiger partial charge < -0.3 is 9.15 Å². The molecule has 0 fully saturated rings. The highest BCUT2D eigenvalue weighted by atomic mass is 79.9. The maximum absolute atomic E-state index is 13.4. The van der Waals surface area contributed by atoms with Crippen LogP contribution in [0.25, 0.3) is 6.08 Å². The normalized spacial score (nSPS) is 10.5. The molecule has 2 aromatic rings. The molecule has 1 aromatic carbocycles. The van der Waals surface area contributed by atoms with Gasteiger partial charge in [-0.3, -0.25) is 20.4 Å². The van der Waals surface area contributed by atoms with Crippen molar-refractivity contribution in [3.63, 3.8) is 0 Å². The molecular weight excluding hydrogens is 399 g/mol. The first-order valence-corrected chi connectivity index (χ1v) is 7.69. The first-order chi connectivity index (χ1) is 12.0. The predicted molar refractivity (Wildman–Crippen MR) is 88.4 cm³/mol. The molecule has 7 nitrogen and oxygen atoms in total. The van der Waals surface area contributed by atoms with E-state index in [1.165, 1.54) is 24.3 Å². The van der Waals surface area contributed by atoms with Crippen LogP contribution in [-0.4, -0.2) is 24.4 Å². The number of esters is 1. The van der Waals surface area contributed by atoms with Crippen molar-refractivity contribution in [2.45, 2.75) is 0 Å². The van der Waals surface area contributed by atoms with Gasteiger partial charge in [0, 0.05) is 6.08 Å². The van der Waals surface area contributed by atoms with Crippen molar-refractivity contribution in [2.75, 3.05) is 6.61 Å². The lowest BCUT2D eigenvalue weighted by atomic mass is 10.2. The average molecular weight is 411 g/mol. The highest BCUT2D eigenvalue weighted by Gasteiger charge is 2.12. The average Bonchev–Trinajstić information content (AvgIpc) is 3.01.